The number of aryl methyl sites for hydroxylation is 2. The Labute approximate surface area is 153 Å². The summed E-state index contributed by atoms with van der Waals surface area (Å²) in [6.45, 7) is 0. The zero-order valence-electron chi connectivity index (χ0n) is 14.2. The Kier molecular flexibility index (Phi) is 4.44. The van der Waals surface area contributed by atoms with Crippen molar-refractivity contribution in [2.45, 2.75) is 12.8 Å². The topological polar surface area (TPSA) is 117 Å². The smallest absolute Gasteiger partial charge is 0.348 e. The van der Waals surface area contributed by atoms with Crippen LogP contribution in [0.3, 0.4) is 0 Å². The van der Waals surface area contributed by atoms with Gasteiger partial charge in [0.15, 0.2) is 5.82 Å². The molecule has 8 heteroatoms. The van der Waals surface area contributed by atoms with E-state index in [1.807, 2.05) is 24.3 Å². The SMILES string of the molecule is O=c1oc2ccccc2c(O)c1C=Nc1ccc(CCc2nn[nH]n2)cc1. The van der Waals surface area contributed by atoms with Crippen LogP contribution in [-0.2, 0) is 12.8 Å². The highest BCUT2D eigenvalue weighted by Gasteiger charge is 2.11. The molecule has 4 rings (SSSR count). The zero-order chi connectivity index (χ0) is 18.6. The van der Waals surface area contributed by atoms with E-state index in [-0.39, 0.29) is 11.3 Å². The minimum atomic E-state index is -0.633. The van der Waals surface area contributed by atoms with Crippen molar-refractivity contribution < 1.29 is 9.52 Å². The predicted molar refractivity (Wildman–Crippen MR) is 99.4 cm³/mol. The molecule has 0 spiro atoms. The predicted octanol–water partition coefficient (Wildman–Crippen LogP) is 2.55. The summed E-state index contributed by atoms with van der Waals surface area (Å²) in [6.07, 6.45) is 2.78. The first-order valence-electron chi connectivity index (χ1n) is 8.31. The average molecular weight is 361 g/mol. The number of nitrogens with zero attached hydrogens (tertiary/aromatic N) is 4. The molecule has 8 nitrogen and oxygen atoms in total. The average Bonchev–Trinajstić information content (AvgIpc) is 3.21. The number of tetrazole rings is 1. The Morgan fingerprint density at radius 2 is 1.93 bits per heavy atom. The monoisotopic (exact) mass is 361 g/mol. The van der Waals surface area contributed by atoms with E-state index in [1.54, 1.807) is 24.3 Å². The zero-order valence-corrected chi connectivity index (χ0v) is 14.2. The fraction of sp³-hybridized carbons (Fsp3) is 0.105. The lowest BCUT2D eigenvalue weighted by molar-refractivity contribution is 0.466. The Balaban J connectivity index is 1.53. The van der Waals surface area contributed by atoms with Crippen LogP contribution >= 0.6 is 0 Å². The second-order valence-corrected chi connectivity index (χ2v) is 5.90. The summed E-state index contributed by atoms with van der Waals surface area (Å²) in [5.41, 5.74) is 1.49. The molecule has 2 aromatic heterocycles. The van der Waals surface area contributed by atoms with Crippen LogP contribution in [0.2, 0.25) is 0 Å². The number of aromatic amines is 1. The van der Waals surface area contributed by atoms with Crippen LogP contribution in [0.25, 0.3) is 11.0 Å². The minimum Gasteiger partial charge on any atom is -0.506 e. The number of fused-ring (bicyclic) bond motifs is 1. The molecule has 0 aliphatic carbocycles. The molecule has 2 aromatic carbocycles. The van der Waals surface area contributed by atoms with Gasteiger partial charge in [-0.3, -0.25) is 4.99 Å². The molecule has 0 aliphatic heterocycles. The van der Waals surface area contributed by atoms with Crippen LogP contribution in [0.4, 0.5) is 5.69 Å². The fourth-order valence-electron chi connectivity index (χ4n) is 2.69. The summed E-state index contributed by atoms with van der Waals surface area (Å²) < 4.78 is 5.22. The third-order valence-corrected chi connectivity index (χ3v) is 4.13. The highest BCUT2D eigenvalue weighted by atomic mass is 16.4. The summed E-state index contributed by atoms with van der Waals surface area (Å²) in [5.74, 6) is 0.526. The molecule has 134 valence electrons. The number of rotatable bonds is 5. The van der Waals surface area contributed by atoms with Gasteiger partial charge < -0.3 is 9.52 Å². The lowest BCUT2D eigenvalue weighted by atomic mass is 10.1. The van der Waals surface area contributed by atoms with Crippen molar-refractivity contribution in [3.05, 3.63) is 75.9 Å². The number of hydrogen-bond donors (Lipinski definition) is 2. The van der Waals surface area contributed by atoms with Gasteiger partial charge in [0.2, 0.25) is 0 Å². The number of hydrogen-bond acceptors (Lipinski definition) is 7. The van der Waals surface area contributed by atoms with E-state index in [9.17, 15) is 9.90 Å². The van der Waals surface area contributed by atoms with Crippen molar-refractivity contribution in [2.75, 3.05) is 0 Å². The summed E-state index contributed by atoms with van der Waals surface area (Å²) in [4.78, 5) is 16.4. The lowest BCUT2D eigenvalue weighted by Gasteiger charge is -2.02. The number of aromatic hydroxyl groups is 1. The molecular formula is C19H15N5O3. The van der Waals surface area contributed by atoms with Gasteiger partial charge in [0, 0.05) is 12.6 Å². The normalized spacial score (nSPS) is 11.4. The highest BCUT2D eigenvalue weighted by Crippen LogP contribution is 2.25. The van der Waals surface area contributed by atoms with Crippen LogP contribution in [0.15, 0.2) is 62.7 Å². The van der Waals surface area contributed by atoms with Crippen molar-refractivity contribution in [1.82, 2.24) is 20.6 Å². The number of aromatic nitrogens is 4. The second kappa shape index (κ2) is 7.20. The van der Waals surface area contributed by atoms with Gasteiger partial charge in [0.05, 0.1) is 11.1 Å². The van der Waals surface area contributed by atoms with Crippen molar-refractivity contribution in [3.63, 3.8) is 0 Å². The Morgan fingerprint density at radius 3 is 2.70 bits per heavy atom. The van der Waals surface area contributed by atoms with Gasteiger partial charge in [-0.15, -0.1) is 10.2 Å². The van der Waals surface area contributed by atoms with Crippen molar-refractivity contribution in [3.8, 4) is 5.75 Å². The molecule has 0 amide bonds. The van der Waals surface area contributed by atoms with E-state index in [2.05, 4.69) is 25.6 Å². The van der Waals surface area contributed by atoms with Gasteiger partial charge >= 0.3 is 5.63 Å². The van der Waals surface area contributed by atoms with Gasteiger partial charge in [-0.1, -0.05) is 29.5 Å². The first-order valence-corrected chi connectivity index (χ1v) is 8.31. The molecule has 0 aliphatic rings. The van der Waals surface area contributed by atoms with Gasteiger partial charge in [0.25, 0.3) is 0 Å². The molecule has 2 N–H and O–H groups in total. The van der Waals surface area contributed by atoms with Crippen molar-refractivity contribution in [1.29, 1.82) is 0 Å². The van der Waals surface area contributed by atoms with E-state index < -0.39 is 5.63 Å². The Bertz CT molecular complexity index is 1150. The Morgan fingerprint density at radius 1 is 1.11 bits per heavy atom. The summed E-state index contributed by atoms with van der Waals surface area (Å²) in [6, 6.07) is 14.4. The maximum atomic E-state index is 12.1. The molecule has 0 radical (unpaired) electrons. The van der Waals surface area contributed by atoms with Crippen LogP contribution in [0, 0.1) is 0 Å². The standard InChI is InChI=1S/C19H15N5O3/c25-18-14-3-1-2-4-16(14)27-19(26)15(18)11-20-13-8-5-12(6-9-13)7-10-17-21-23-24-22-17/h1-6,8-9,11,25H,7,10H2,(H,21,22,23,24). The minimum absolute atomic E-state index is 0.0230. The Hall–Kier alpha value is -3.81. The van der Waals surface area contributed by atoms with Gasteiger partial charge in [-0.05, 0) is 36.2 Å². The maximum Gasteiger partial charge on any atom is 0.348 e. The molecule has 0 fully saturated rings. The summed E-state index contributed by atoms with van der Waals surface area (Å²) in [7, 11) is 0. The third kappa shape index (κ3) is 3.59. The van der Waals surface area contributed by atoms with Crippen LogP contribution in [0.5, 0.6) is 5.75 Å². The quantitative estimate of drug-likeness (QED) is 0.417. The molecule has 0 saturated carbocycles. The largest absolute Gasteiger partial charge is 0.506 e. The van der Waals surface area contributed by atoms with E-state index in [0.29, 0.717) is 28.9 Å². The molecular weight excluding hydrogens is 346 g/mol. The van der Waals surface area contributed by atoms with E-state index in [0.717, 1.165) is 12.0 Å². The number of nitrogens with one attached hydrogen (secondary N) is 1. The van der Waals surface area contributed by atoms with Crippen LogP contribution < -0.4 is 5.63 Å². The first kappa shape index (κ1) is 16.6. The second-order valence-electron chi connectivity index (χ2n) is 5.90. The highest BCUT2D eigenvalue weighted by molar-refractivity contribution is 5.94. The third-order valence-electron chi connectivity index (χ3n) is 4.13. The van der Waals surface area contributed by atoms with Crippen LogP contribution in [-0.4, -0.2) is 31.9 Å². The van der Waals surface area contributed by atoms with Gasteiger partial charge in [-0.2, -0.15) is 5.21 Å². The van der Waals surface area contributed by atoms with Crippen molar-refractivity contribution >= 4 is 22.9 Å². The first-order chi connectivity index (χ1) is 13.2. The van der Waals surface area contributed by atoms with E-state index >= 15 is 0 Å². The lowest BCUT2D eigenvalue weighted by Crippen LogP contribution is -2.06. The number of H-pyrrole nitrogens is 1. The molecule has 0 unspecified atom stereocenters. The molecule has 0 bridgehead atoms. The molecule has 0 atom stereocenters. The molecule has 4 aromatic rings. The van der Waals surface area contributed by atoms with Crippen LogP contribution in [0.1, 0.15) is 17.0 Å². The number of para-hydroxylation sites is 1. The van der Waals surface area contributed by atoms with E-state index in [1.165, 1.54) is 6.21 Å². The number of aliphatic imine (C=N–C) groups is 1. The number of benzene rings is 2. The fourth-order valence-corrected chi connectivity index (χ4v) is 2.69. The van der Waals surface area contributed by atoms with Crippen molar-refractivity contribution in [2.24, 2.45) is 4.99 Å². The maximum absolute atomic E-state index is 12.1. The van der Waals surface area contributed by atoms with E-state index in [4.69, 9.17) is 4.42 Å². The summed E-state index contributed by atoms with van der Waals surface area (Å²) in [5, 5.41) is 24.6. The molecule has 27 heavy (non-hydrogen) atoms. The van der Waals surface area contributed by atoms with Gasteiger partial charge in [0.1, 0.15) is 16.9 Å². The molecule has 0 saturated heterocycles. The summed E-state index contributed by atoms with van der Waals surface area (Å²) >= 11 is 0. The molecule has 2 heterocycles. The van der Waals surface area contributed by atoms with Gasteiger partial charge in [-0.25, -0.2) is 4.79 Å².